The molecule has 0 radical (unpaired) electrons. The van der Waals surface area contributed by atoms with Crippen LogP contribution in [0.2, 0.25) is 4.34 Å². The van der Waals surface area contributed by atoms with Crippen molar-refractivity contribution < 1.29 is 0 Å². The fourth-order valence-electron chi connectivity index (χ4n) is 1.85. The van der Waals surface area contributed by atoms with Gasteiger partial charge in [-0.15, -0.1) is 11.3 Å². The van der Waals surface area contributed by atoms with Gasteiger partial charge in [-0.05, 0) is 30.7 Å². The molecule has 0 bridgehead atoms. The van der Waals surface area contributed by atoms with Gasteiger partial charge >= 0.3 is 0 Å². The smallest absolute Gasteiger partial charge is 0.0931 e. The largest absolute Gasteiger partial charge is 0.271 e. The van der Waals surface area contributed by atoms with E-state index in [0.29, 0.717) is 0 Å². The van der Waals surface area contributed by atoms with Crippen LogP contribution in [0.15, 0.2) is 34.8 Å². The summed E-state index contributed by atoms with van der Waals surface area (Å²) in [6.45, 7) is 2.07. The number of thiophene rings is 1. The minimum absolute atomic E-state index is 0.0778. The highest BCUT2D eigenvalue weighted by atomic mass is 79.9. The molecule has 0 saturated heterocycles. The number of hydrazine groups is 1. The Balaban J connectivity index is 2.25. The Hall–Kier alpha value is -0.390. The van der Waals surface area contributed by atoms with Gasteiger partial charge in [0.2, 0.25) is 0 Å². The van der Waals surface area contributed by atoms with Gasteiger partial charge in [0.1, 0.15) is 0 Å². The molecule has 5 heteroatoms. The summed E-state index contributed by atoms with van der Waals surface area (Å²) in [5.74, 6) is 5.68. The van der Waals surface area contributed by atoms with E-state index in [1.165, 1.54) is 16.0 Å². The number of benzene rings is 1. The Morgan fingerprint density at radius 3 is 2.78 bits per heavy atom. The summed E-state index contributed by atoms with van der Waals surface area (Å²) < 4.78 is 1.88. The maximum atomic E-state index is 5.95. The quantitative estimate of drug-likeness (QED) is 0.643. The number of nitrogens with two attached hydrogens (primary N) is 1. The monoisotopic (exact) mass is 344 g/mol. The van der Waals surface area contributed by atoms with E-state index in [1.54, 1.807) is 11.3 Å². The van der Waals surface area contributed by atoms with E-state index >= 15 is 0 Å². The number of aryl methyl sites for hydroxylation is 1. The topological polar surface area (TPSA) is 38.0 Å². The third kappa shape index (κ3) is 3.33. The number of nitrogens with one attached hydrogen (secondary N) is 1. The number of hydrogen-bond acceptors (Lipinski definition) is 3. The average molecular weight is 346 g/mol. The Morgan fingerprint density at radius 2 is 2.17 bits per heavy atom. The van der Waals surface area contributed by atoms with E-state index in [-0.39, 0.29) is 6.04 Å². The van der Waals surface area contributed by atoms with E-state index in [2.05, 4.69) is 46.5 Å². The van der Waals surface area contributed by atoms with Gasteiger partial charge in [-0.25, -0.2) is 0 Å². The van der Waals surface area contributed by atoms with Crippen LogP contribution in [0.25, 0.3) is 0 Å². The normalized spacial score (nSPS) is 12.7. The van der Waals surface area contributed by atoms with Crippen molar-refractivity contribution in [2.24, 2.45) is 5.84 Å². The first-order valence-corrected chi connectivity index (χ1v) is 7.55. The molecular formula is C13H14BrClN2S. The molecule has 1 heterocycles. The molecule has 0 saturated carbocycles. The first-order chi connectivity index (χ1) is 8.60. The van der Waals surface area contributed by atoms with E-state index < -0.39 is 0 Å². The van der Waals surface area contributed by atoms with Crippen LogP contribution in [0, 0.1) is 6.92 Å². The van der Waals surface area contributed by atoms with Gasteiger partial charge in [-0.1, -0.05) is 45.2 Å². The van der Waals surface area contributed by atoms with Crippen LogP contribution in [0.3, 0.4) is 0 Å². The van der Waals surface area contributed by atoms with Gasteiger partial charge in [0.05, 0.1) is 10.4 Å². The summed E-state index contributed by atoms with van der Waals surface area (Å²) in [6.07, 6.45) is 0.829. The third-order valence-electron chi connectivity index (χ3n) is 2.76. The van der Waals surface area contributed by atoms with Crippen molar-refractivity contribution in [2.45, 2.75) is 19.4 Å². The number of halogens is 2. The molecule has 0 amide bonds. The lowest BCUT2D eigenvalue weighted by atomic mass is 10.0. The van der Waals surface area contributed by atoms with Gasteiger partial charge in [0.15, 0.2) is 0 Å². The second kappa shape index (κ2) is 6.17. The molecule has 0 aliphatic carbocycles. The maximum Gasteiger partial charge on any atom is 0.0931 e. The van der Waals surface area contributed by atoms with E-state index in [0.717, 1.165) is 15.2 Å². The lowest BCUT2D eigenvalue weighted by molar-refractivity contribution is 0.553. The van der Waals surface area contributed by atoms with Crippen LogP contribution >= 0.6 is 38.9 Å². The Kier molecular flexibility index (Phi) is 4.81. The second-order valence-corrected chi connectivity index (χ2v) is 6.81. The van der Waals surface area contributed by atoms with Gasteiger partial charge in [0, 0.05) is 15.8 Å². The van der Waals surface area contributed by atoms with E-state index in [1.807, 2.05) is 12.1 Å². The summed E-state index contributed by atoms with van der Waals surface area (Å²) >= 11 is 11.1. The van der Waals surface area contributed by atoms with Crippen molar-refractivity contribution in [3.05, 3.63) is 55.1 Å². The van der Waals surface area contributed by atoms with Gasteiger partial charge in [-0.3, -0.25) is 11.3 Å². The lowest BCUT2D eigenvalue weighted by Gasteiger charge is -2.17. The van der Waals surface area contributed by atoms with Crippen LogP contribution in [-0.2, 0) is 6.42 Å². The maximum absolute atomic E-state index is 5.95. The summed E-state index contributed by atoms with van der Waals surface area (Å²) in [7, 11) is 0. The Labute approximate surface area is 124 Å². The van der Waals surface area contributed by atoms with E-state index in [9.17, 15) is 0 Å². The highest BCUT2D eigenvalue weighted by molar-refractivity contribution is 9.10. The highest BCUT2D eigenvalue weighted by Crippen LogP contribution is 2.30. The molecule has 1 unspecified atom stereocenters. The summed E-state index contributed by atoms with van der Waals surface area (Å²) in [5.41, 5.74) is 5.27. The molecule has 18 heavy (non-hydrogen) atoms. The van der Waals surface area contributed by atoms with Crippen LogP contribution in [0.5, 0.6) is 0 Å². The zero-order valence-corrected chi connectivity index (χ0v) is 13.1. The minimum Gasteiger partial charge on any atom is -0.271 e. The van der Waals surface area contributed by atoms with Crippen molar-refractivity contribution >= 4 is 38.9 Å². The van der Waals surface area contributed by atoms with E-state index in [4.69, 9.17) is 17.4 Å². The van der Waals surface area contributed by atoms with Crippen LogP contribution in [0.4, 0.5) is 0 Å². The molecule has 1 atom stereocenters. The third-order valence-corrected chi connectivity index (χ3v) is 4.74. The van der Waals surface area contributed by atoms with Gasteiger partial charge < -0.3 is 0 Å². The Bertz CT molecular complexity index is 542. The average Bonchev–Trinajstić information content (AvgIpc) is 2.75. The fraction of sp³-hybridized carbons (Fsp3) is 0.231. The molecule has 96 valence electrons. The molecular weight excluding hydrogens is 332 g/mol. The van der Waals surface area contributed by atoms with Gasteiger partial charge in [-0.2, -0.15) is 0 Å². The van der Waals surface area contributed by atoms with Crippen LogP contribution in [-0.4, -0.2) is 0 Å². The molecule has 2 rings (SSSR count). The minimum atomic E-state index is 0.0778. The van der Waals surface area contributed by atoms with Crippen molar-refractivity contribution in [3.8, 4) is 0 Å². The molecule has 0 spiro atoms. The predicted octanol–water partition coefficient (Wildman–Crippen LogP) is 4.22. The number of rotatable bonds is 4. The summed E-state index contributed by atoms with van der Waals surface area (Å²) in [5, 5.41) is 0. The molecule has 1 aromatic carbocycles. The Morgan fingerprint density at radius 1 is 1.39 bits per heavy atom. The first-order valence-electron chi connectivity index (χ1n) is 5.56. The van der Waals surface area contributed by atoms with Crippen molar-refractivity contribution in [1.29, 1.82) is 0 Å². The number of hydrogen-bond donors (Lipinski definition) is 2. The first kappa shape index (κ1) is 14.0. The summed E-state index contributed by atoms with van der Waals surface area (Å²) in [6, 6.07) is 10.3. The van der Waals surface area contributed by atoms with Crippen molar-refractivity contribution in [3.63, 3.8) is 0 Å². The van der Waals surface area contributed by atoms with Gasteiger partial charge in [0.25, 0.3) is 0 Å². The standard InChI is InChI=1S/C13H14BrClN2S/c1-8-2-4-11(14)10(6-8)12(17-16)7-9-3-5-13(15)18-9/h2-6,12,17H,7,16H2,1H3. The fourth-order valence-corrected chi connectivity index (χ4v) is 3.51. The van der Waals surface area contributed by atoms with Crippen LogP contribution in [0.1, 0.15) is 22.0 Å². The molecule has 1 aromatic heterocycles. The second-order valence-electron chi connectivity index (χ2n) is 4.15. The summed E-state index contributed by atoms with van der Waals surface area (Å²) in [4.78, 5) is 1.22. The molecule has 0 aliphatic rings. The predicted molar refractivity (Wildman–Crippen MR) is 82.0 cm³/mol. The zero-order valence-electron chi connectivity index (χ0n) is 9.91. The molecule has 2 aromatic rings. The lowest BCUT2D eigenvalue weighted by Crippen LogP contribution is -2.29. The van der Waals surface area contributed by atoms with Crippen molar-refractivity contribution in [1.82, 2.24) is 5.43 Å². The molecule has 3 N–H and O–H groups in total. The van der Waals surface area contributed by atoms with Crippen molar-refractivity contribution in [2.75, 3.05) is 0 Å². The molecule has 2 nitrogen and oxygen atoms in total. The SMILES string of the molecule is Cc1ccc(Br)c(C(Cc2ccc(Cl)s2)NN)c1. The molecule has 0 aliphatic heterocycles. The van der Waals surface area contributed by atoms with Crippen LogP contribution < -0.4 is 11.3 Å². The zero-order chi connectivity index (χ0) is 13.1. The molecule has 0 fully saturated rings. The highest BCUT2D eigenvalue weighted by Gasteiger charge is 2.15.